The van der Waals surface area contributed by atoms with Crippen LogP contribution in [0.15, 0.2) is 20.4 Å². The Labute approximate surface area is 112 Å². The van der Waals surface area contributed by atoms with Crippen molar-refractivity contribution in [1.82, 2.24) is 10.1 Å². The first-order valence-electron chi connectivity index (χ1n) is 5.22. The summed E-state index contributed by atoms with van der Waals surface area (Å²) in [6.07, 6.45) is 0. The minimum atomic E-state index is -0.237. The molecule has 0 saturated heterocycles. The van der Waals surface area contributed by atoms with Crippen molar-refractivity contribution in [2.75, 3.05) is 0 Å². The zero-order valence-electron chi connectivity index (χ0n) is 9.90. The highest BCUT2D eigenvalue weighted by Gasteiger charge is 2.27. The molecule has 0 spiro atoms. The van der Waals surface area contributed by atoms with Crippen molar-refractivity contribution in [1.29, 1.82) is 0 Å². The Morgan fingerprint density at radius 1 is 1.47 bits per heavy atom. The summed E-state index contributed by atoms with van der Waals surface area (Å²) in [5, 5.41) is 5.92. The average Bonchev–Trinajstić information content (AvgIpc) is 2.83. The maximum Gasteiger partial charge on any atom is 0.269 e. The van der Waals surface area contributed by atoms with E-state index in [1.807, 2.05) is 11.4 Å². The summed E-state index contributed by atoms with van der Waals surface area (Å²) in [6, 6.07) is 1.71. The summed E-state index contributed by atoms with van der Waals surface area (Å²) in [4.78, 5) is 5.29. The van der Waals surface area contributed by atoms with Crippen LogP contribution >= 0.6 is 27.3 Å². The van der Waals surface area contributed by atoms with Crippen molar-refractivity contribution in [2.45, 2.75) is 26.8 Å². The Bertz CT molecular complexity index is 515. The third-order valence-corrected chi connectivity index (χ3v) is 4.29. The summed E-state index contributed by atoms with van der Waals surface area (Å²) in [6.45, 7) is 6.15. The molecule has 6 heteroatoms. The monoisotopic (exact) mass is 315 g/mol. The van der Waals surface area contributed by atoms with Gasteiger partial charge in [-0.25, -0.2) is 0 Å². The predicted octanol–water partition coefficient (Wildman–Crippen LogP) is 3.61. The molecule has 17 heavy (non-hydrogen) atoms. The second-order valence-corrected chi connectivity index (χ2v) is 6.67. The minimum Gasteiger partial charge on any atom is -0.333 e. The van der Waals surface area contributed by atoms with Gasteiger partial charge in [-0.1, -0.05) is 25.9 Å². The first-order valence-corrected chi connectivity index (χ1v) is 6.89. The zero-order chi connectivity index (χ0) is 12.6. The van der Waals surface area contributed by atoms with Crippen molar-refractivity contribution in [3.63, 3.8) is 0 Å². The molecule has 1 atom stereocenters. The lowest BCUT2D eigenvalue weighted by Crippen LogP contribution is -2.27. The van der Waals surface area contributed by atoms with Gasteiger partial charge in [0.2, 0.25) is 0 Å². The highest BCUT2D eigenvalue weighted by atomic mass is 79.9. The van der Waals surface area contributed by atoms with E-state index in [0.717, 1.165) is 9.35 Å². The summed E-state index contributed by atoms with van der Waals surface area (Å²) in [5.74, 6) is 1.06. The smallest absolute Gasteiger partial charge is 0.269 e. The minimum absolute atomic E-state index is 0.0895. The van der Waals surface area contributed by atoms with E-state index < -0.39 is 0 Å². The molecule has 0 bridgehead atoms. The highest BCUT2D eigenvalue weighted by molar-refractivity contribution is 9.10. The largest absolute Gasteiger partial charge is 0.333 e. The molecule has 2 heterocycles. The van der Waals surface area contributed by atoms with Gasteiger partial charge in [-0.15, -0.1) is 11.3 Å². The first-order chi connectivity index (χ1) is 7.89. The molecule has 0 aromatic carbocycles. The van der Waals surface area contributed by atoms with Crippen molar-refractivity contribution in [3.8, 4) is 10.8 Å². The predicted molar refractivity (Wildman–Crippen MR) is 71.7 cm³/mol. The standard InChI is InChI=1S/C11H14BrN3OS/c1-11(2,3)8(13)9-14-10(16-15-9)7-6(12)4-5-17-7/h4-5,8H,13H2,1-3H3. The fourth-order valence-corrected chi connectivity index (χ4v) is 2.75. The van der Waals surface area contributed by atoms with Crippen LogP contribution in [0.25, 0.3) is 10.8 Å². The van der Waals surface area contributed by atoms with Crippen molar-refractivity contribution >= 4 is 27.3 Å². The van der Waals surface area contributed by atoms with E-state index in [1.165, 1.54) is 0 Å². The number of aromatic nitrogens is 2. The second-order valence-electron chi connectivity index (χ2n) is 4.90. The third-order valence-electron chi connectivity index (χ3n) is 2.46. The number of thiophene rings is 1. The van der Waals surface area contributed by atoms with Crippen LogP contribution in [0.1, 0.15) is 32.6 Å². The topological polar surface area (TPSA) is 64.9 Å². The highest BCUT2D eigenvalue weighted by Crippen LogP contribution is 2.34. The van der Waals surface area contributed by atoms with Gasteiger partial charge < -0.3 is 10.3 Å². The van der Waals surface area contributed by atoms with Gasteiger partial charge in [0.15, 0.2) is 5.82 Å². The van der Waals surface area contributed by atoms with Crippen LogP contribution in [0.4, 0.5) is 0 Å². The molecule has 2 N–H and O–H groups in total. The number of hydrogen-bond donors (Lipinski definition) is 1. The molecule has 2 rings (SSSR count). The van der Waals surface area contributed by atoms with Crippen molar-refractivity contribution in [2.24, 2.45) is 11.1 Å². The fourth-order valence-electron chi connectivity index (χ4n) is 1.29. The van der Waals surface area contributed by atoms with Gasteiger partial charge in [0.1, 0.15) is 4.88 Å². The second kappa shape index (κ2) is 4.51. The lowest BCUT2D eigenvalue weighted by atomic mass is 9.87. The summed E-state index contributed by atoms with van der Waals surface area (Å²) in [5.41, 5.74) is 5.99. The first kappa shape index (κ1) is 12.7. The molecule has 92 valence electrons. The fraction of sp³-hybridized carbons (Fsp3) is 0.455. The van der Waals surface area contributed by atoms with E-state index in [9.17, 15) is 0 Å². The van der Waals surface area contributed by atoms with Crippen LogP contribution < -0.4 is 5.73 Å². The molecular weight excluding hydrogens is 302 g/mol. The summed E-state index contributed by atoms with van der Waals surface area (Å²) >= 11 is 4.99. The molecule has 0 amide bonds. The molecule has 2 aromatic rings. The Hall–Kier alpha value is -0.720. The molecule has 0 saturated carbocycles. The molecule has 0 aliphatic heterocycles. The number of halogens is 1. The number of hydrogen-bond acceptors (Lipinski definition) is 5. The zero-order valence-corrected chi connectivity index (χ0v) is 12.3. The average molecular weight is 316 g/mol. The lowest BCUT2D eigenvalue weighted by Gasteiger charge is -2.23. The Morgan fingerprint density at radius 3 is 2.71 bits per heavy atom. The van der Waals surface area contributed by atoms with Crippen LogP contribution in [0, 0.1) is 5.41 Å². The Balaban J connectivity index is 2.31. The maximum absolute atomic E-state index is 6.08. The van der Waals surface area contributed by atoms with Gasteiger partial charge >= 0.3 is 0 Å². The molecule has 0 aliphatic carbocycles. The SMILES string of the molecule is CC(C)(C)C(N)c1noc(-c2sccc2Br)n1. The van der Waals surface area contributed by atoms with Crippen LogP contribution in [0.3, 0.4) is 0 Å². The molecule has 0 radical (unpaired) electrons. The van der Waals surface area contributed by atoms with Crippen LogP contribution in [0.5, 0.6) is 0 Å². The molecule has 0 aliphatic rings. The van der Waals surface area contributed by atoms with E-state index in [4.69, 9.17) is 10.3 Å². The molecule has 2 aromatic heterocycles. The van der Waals surface area contributed by atoms with Crippen molar-refractivity contribution < 1.29 is 4.52 Å². The van der Waals surface area contributed by atoms with Gasteiger partial charge in [-0.05, 0) is 32.8 Å². The maximum atomic E-state index is 6.08. The third kappa shape index (κ3) is 2.59. The number of rotatable bonds is 2. The molecular formula is C11H14BrN3OS. The Morgan fingerprint density at radius 2 is 2.18 bits per heavy atom. The molecule has 1 unspecified atom stereocenters. The summed E-state index contributed by atoms with van der Waals surface area (Å²) in [7, 11) is 0. The normalized spacial score (nSPS) is 13.9. The van der Waals surface area contributed by atoms with Crippen molar-refractivity contribution in [3.05, 3.63) is 21.7 Å². The van der Waals surface area contributed by atoms with E-state index in [1.54, 1.807) is 11.3 Å². The van der Waals surface area contributed by atoms with E-state index in [0.29, 0.717) is 11.7 Å². The van der Waals surface area contributed by atoms with Gasteiger partial charge in [-0.3, -0.25) is 0 Å². The number of nitrogens with two attached hydrogens (primary N) is 1. The van der Waals surface area contributed by atoms with Gasteiger partial charge in [-0.2, -0.15) is 4.98 Å². The van der Waals surface area contributed by atoms with Gasteiger partial charge in [0.25, 0.3) is 5.89 Å². The van der Waals surface area contributed by atoms with Crippen LogP contribution in [0.2, 0.25) is 0 Å². The quantitative estimate of drug-likeness (QED) is 0.919. The lowest BCUT2D eigenvalue weighted by molar-refractivity contribution is 0.303. The molecule has 0 fully saturated rings. The van der Waals surface area contributed by atoms with E-state index >= 15 is 0 Å². The summed E-state index contributed by atoms with van der Waals surface area (Å²) < 4.78 is 6.21. The van der Waals surface area contributed by atoms with Crippen LogP contribution in [-0.2, 0) is 0 Å². The molecule has 4 nitrogen and oxygen atoms in total. The Kier molecular flexibility index (Phi) is 3.38. The van der Waals surface area contributed by atoms with Gasteiger partial charge in [0.05, 0.1) is 6.04 Å². The van der Waals surface area contributed by atoms with E-state index in [2.05, 4.69) is 46.8 Å². The number of nitrogens with zero attached hydrogens (tertiary/aromatic N) is 2. The van der Waals surface area contributed by atoms with Crippen LogP contribution in [-0.4, -0.2) is 10.1 Å². The van der Waals surface area contributed by atoms with Gasteiger partial charge in [0, 0.05) is 4.47 Å². The van der Waals surface area contributed by atoms with E-state index in [-0.39, 0.29) is 11.5 Å².